The summed E-state index contributed by atoms with van der Waals surface area (Å²) in [5.41, 5.74) is -0.647. The molecule has 0 spiro atoms. The van der Waals surface area contributed by atoms with Crippen molar-refractivity contribution < 1.29 is 14.6 Å². The Morgan fingerprint density at radius 1 is 1.67 bits per heavy atom. The molecule has 4 heteroatoms. The van der Waals surface area contributed by atoms with Gasteiger partial charge in [0.25, 0.3) is 0 Å². The fourth-order valence-corrected chi connectivity index (χ4v) is 0.535. The maximum absolute atomic E-state index is 10.9. The van der Waals surface area contributed by atoms with Crippen LogP contribution in [0.3, 0.4) is 0 Å². The Bertz CT molecular complexity index is 154. The lowest BCUT2D eigenvalue weighted by molar-refractivity contribution is 0.0824. The smallest absolute Gasteiger partial charge is 0.407 e. The van der Waals surface area contributed by atoms with E-state index in [4.69, 9.17) is 0 Å². The van der Waals surface area contributed by atoms with Gasteiger partial charge in [-0.1, -0.05) is 0 Å². The number of nitrogens with one attached hydrogen (secondary N) is 1. The summed E-state index contributed by atoms with van der Waals surface area (Å²) in [5, 5.41) is 11.8. The van der Waals surface area contributed by atoms with Crippen LogP contribution in [0.1, 0.15) is 27.7 Å². The van der Waals surface area contributed by atoms with Crippen LogP contribution in [0.2, 0.25) is 0 Å². The third-order valence-corrected chi connectivity index (χ3v) is 1.74. The van der Waals surface area contributed by atoms with Gasteiger partial charge in [-0.15, -0.1) is 0 Å². The van der Waals surface area contributed by atoms with E-state index in [9.17, 15) is 9.90 Å². The van der Waals surface area contributed by atoms with Gasteiger partial charge in [0.15, 0.2) is 0 Å². The highest BCUT2D eigenvalue weighted by Gasteiger charge is 2.26. The third kappa shape index (κ3) is 3.57. The molecule has 2 N–H and O–H groups in total. The Kier molecular flexibility index (Phi) is 4.03. The molecule has 0 aliphatic carbocycles. The van der Waals surface area contributed by atoms with Crippen LogP contribution in [0.25, 0.3) is 0 Å². The summed E-state index contributed by atoms with van der Waals surface area (Å²) in [5.74, 6) is 0. The fourth-order valence-electron chi connectivity index (χ4n) is 0.535. The van der Waals surface area contributed by atoms with E-state index in [0.29, 0.717) is 6.61 Å². The number of rotatable bonds is 3. The average Bonchev–Trinajstić information content (AvgIpc) is 1.85. The molecule has 0 aromatic heterocycles. The first kappa shape index (κ1) is 11.2. The molecule has 0 saturated carbocycles. The summed E-state index contributed by atoms with van der Waals surface area (Å²) in [6, 6.07) is 0. The van der Waals surface area contributed by atoms with Crippen LogP contribution in [-0.4, -0.2) is 29.4 Å². The molecule has 0 aliphatic heterocycles. The highest BCUT2D eigenvalue weighted by molar-refractivity contribution is 5.68. The Morgan fingerprint density at radius 3 is 2.50 bits per heavy atom. The number of ether oxygens (including phenoxy) is 1. The molecular weight excluding hydrogens is 158 g/mol. The second-order valence-corrected chi connectivity index (χ2v) is 3.24. The van der Waals surface area contributed by atoms with Gasteiger partial charge in [0.2, 0.25) is 0 Å². The maximum Gasteiger partial charge on any atom is 0.407 e. The van der Waals surface area contributed by atoms with Crippen molar-refractivity contribution in [2.45, 2.75) is 39.3 Å². The molecule has 1 atom stereocenters. The van der Waals surface area contributed by atoms with E-state index in [1.165, 1.54) is 0 Å². The molecule has 0 aromatic rings. The molecule has 0 radical (unpaired) electrons. The summed E-state index contributed by atoms with van der Waals surface area (Å²) in [6.07, 6.45) is -1.11. The zero-order valence-corrected chi connectivity index (χ0v) is 8.05. The Labute approximate surface area is 72.9 Å². The van der Waals surface area contributed by atoms with Crippen LogP contribution in [0.4, 0.5) is 4.79 Å². The van der Waals surface area contributed by atoms with Crippen molar-refractivity contribution in [3.8, 4) is 0 Å². The van der Waals surface area contributed by atoms with Gasteiger partial charge in [0, 0.05) is 0 Å². The second kappa shape index (κ2) is 4.30. The third-order valence-electron chi connectivity index (χ3n) is 1.74. The minimum Gasteiger partial charge on any atom is -0.450 e. The molecule has 4 nitrogen and oxygen atoms in total. The Hall–Kier alpha value is -0.770. The van der Waals surface area contributed by atoms with Crippen LogP contribution in [0, 0.1) is 0 Å². The van der Waals surface area contributed by atoms with E-state index in [0.717, 1.165) is 0 Å². The number of aliphatic hydroxyl groups excluding tert-OH is 1. The van der Waals surface area contributed by atoms with Crippen molar-refractivity contribution in [1.29, 1.82) is 0 Å². The molecule has 0 bridgehead atoms. The SMILES string of the molecule is CCOC(=O)NC(C)(C)C(C)O. The van der Waals surface area contributed by atoms with Gasteiger partial charge in [0.05, 0.1) is 18.2 Å². The monoisotopic (exact) mass is 175 g/mol. The lowest BCUT2D eigenvalue weighted by Gasteiger charge is -2.28. The van der Waals surface area contributed by atoms with Crippen molar-refractivity contribution in [1.82, 2.24) is 5.32 Å². The second-order valence-electron chi connectivity index (χ2n) is 3.24. The van der Waals surface area contributed by atoms with Gasteiger partial charge in [0.1, 0.15) is 0 Å². The first-order valence-corrected chi connectivity index (χ1v) is 4.03. The van der Waals surface area contributed by atoms with Crippen LogP contribution in [0.5, 0.6) is 0 Å². The first-order valence-electron chi connectivity index (χ1n) is 4.03. The molecule has 0 saturated heterocycles. The van der Waals surface area contributed by atoms with Crippen molar-refractivity contribution in [3.05, 3.63) is 0 Å². The molecule has 1 unspecified atom stereocenters. The molecule has 72 valence electrons. The number of carbonyl (C=O) groups excluding carboxylic acids is 1. The van der Waals surface area contributed by atoms with E-state index in [-0.39, 0.29) is 0 Å². The number of amides is 1. The largest absolute Gasteiger partial charge is 0.450 e. The lowest BCUT2D eigenvalue weighted by atomic mass is 9.99. The number of hydrogen-bond donors (Lipinski definition) is 2. The minimum absolute atomic E-state index is 0.335. The molecule has 12 heavy (non-hydrogen) atoms. The summed E-state index contributed by atoms with van der Waals surface area (Å²) >= 11 is 0. The Balaban J connectivity index is 3.97. The quantitative estimate of drug-likeness (QED) is 0.669. The minimum atomic E-state index is -0.647. The molecule has 0 aromatic carbocycles. The lowest BCUT2D eigenvalue weighted by Crippen LogP contribution is -2.51. The number of aliphatic hydroxyl groups is 1. The summed E-state index contributed by atoms with van der Waals surface area (Å²) in [4.78, 5) is 10.9. The van der Waals surface area contributed by atoms with E-state index in [1.807, 2.05) is 0 Å². The van der Waals surface area contributed by atoms with Gasteiger partial charge in [-0.2, -0.15) is 0 Å². The van der Waals surface area contributed by atoms with E-state index in [2.05, 4.69) is 10.1 Å². The van der Waals surface area contributed by atoms with E-state index >= 15 is 0 Å². The molecule has 0 heterocycles. The fraction of sp³-hybridized carbons (Fsp3) is 0.875. The van der Waals surface area contributed by atoms with Gasteiger partial charge in [-0.25, -0.2) is 4.79 Å². The maximum atomic E-state index is 10.9. The molecule has 0 aliphatic rings. The van der Waals surface area contributed by atoms with Crippen molar-refractivity contribution in [3.63, 3.8) is 0 Å². The van der Waals surface area contributed by atoms with E-state index in [1.54, 1.807) is 27.7 Å². The number of alkyl carbamates (subject to hydrolysis) is 1. The van der Waals surface area contributed by atoms with Gasteiger partial charge in [-0.3, -0.25) is 0 Å². The zero-order valence-electron chi connectivity index (χ0n) is 8.05. The topological polar surface area (TPSA) is 58.6 Å². The molecule has 1 amide bonds. The average molecular weight is 175 g/mol. The normalized spacial score (nSPS) is 13.8. The van der Waals surface area contributed by atoms with Crippen LogP contribution < -0.4 is 5.32 Å². The van der Waals surface area contributed by atoms with Crippen molar-refractivity contribution >= 4 is 6.09 Å². The van der Waals surface area contributed by atoms with Crippen molar-refractivity contribution in [2.24, 2.45) is 0 Å². The Morgan fingerprint density at radius 2 is 2.17 bits per heavy atom. The summed E-state index contributed by atoms with van der Waals surface area (Å²) in [6.45, 7) is 7.14. The zero-order chi connectivity index (χ0) is 9.78. The highest BCUT2D eigenvalue weighted by Crippen LogP contribution is 2.07. The van der Waals surface area contributed by atoms with Gasteiger partial charge >= 0.3 is 6.09 Å². The summed E-state index contributed by atoms with van der Waals surface area (Å²) < 4.78 is 4.67. The predicted octanol–water partition coefficient (Wildman–Crippen LogP) is 0.892. The van der Waals surface area contributed by atoms with Crippen molar-refractivity contribution in [2.75, 3.05) is 6.61 Å². The summed E-state index contributed by atoms with van der Waals surface area (Å²) in [7, 11) is 0. The van der Waals surface area contributed by atoms with Crippen LogP contribution >= 0.6 is 0 Å². The highest BCUT2D eigenvalue weighted by atomic mass is 16.5. The van der Waals surface area contributed by atoms with Crippen LogP contribution in [0.15, 0.2) is 0 Å². The van der Waals surface area contributed by atoms with E-state index < -0.39 is 17.7 Å². The molecular formula is C8H17NO3. The van der Waals surface area contributed by atoms with Gasteiger partial charge in [-0.05, 0) is 27.7 Å². The number of carbonyl (C=O) groups is 1. The van der Waals surface area contributed by atoms with Gasteiger partial charge < -0.3 is 15.2 Å². The first-order chi connectivity index (χ1) is 5.40. The number of hydrogen-bond acceptors (Lipinski definition) is 3. The van der Waals surface area contributed by atoms with Crippen LogP contribution in [-0.2, 0) is 4.74 Å². The molecule has 0 fully saturated rings. The standard InChI is InChI=1S/C8H17NO3/c1-5-12-7(11)9-8(3,4)6(2)10/h6,10H,5H2,1-4H3,(H,9,11). The molecule has 0 rings (SSSR count). The predicted molar refractivity (Wildman–Crippen MR) is 45.9 cm³/mol.